The fourth-order valence-electron chi connectivity index (χ4n) is 2.19. The molecule has 2 rings (SSSR count). The first-order valence-corrected chi connectivity index (χ1v) is 7.96. The van der Waals surface area contributed by atoms with Gasteiger partial charge in [-0.1, -0.05) is 35.9 Å². The fourth-order valence-corrected chi connectivity index (χ4v) is 2.37. The van der Waals surface area contributed by atoms with Gasteiger partial charge in [-0.3, -0.25) is 4.79 Å². The molecular weight excluding hydrogens is 338 g/mol. The van der Waals surface area contributed by atoms with E-state index in [2.05, 4.69) is 10.6 Å². The molecule has 0 spiro atoms. The highest BCUT2D eigenvalue weighted by Crippen LogP contribution is 2.23. The van der Waals surface area contributed by atoms with Crippen molar-refractivity contribution in [3.8, 4) is 11.8 Å². The van der Waals surface area contributed by atoms with Crippen LogP contribution in [0.4, 0.5) is 5.69 Å². The summed E-state index contributed by atoms with van der Waals surface area (Å²) in [7, 11) is 1.59. The van der Waals surface area contributed by atoms with Gasteiger partial charge in [-0.15, -0.1) is 0 Å². The van der Waals surface area contributed by atoms with Gasteiger partial charge in [0, 0.05) is 29.0 Å². The Balaban J connectivity index is 2.05. The third kappa shape index (κ3) is 4.75. The molecule has 0 heterocycles. The molecule has 0 saturated heterocycles. The fraction of sp³-hybridized carbons (Fsp3) is 0.158. The first-order chi connectivity index (χ1) is 12.1. The number of hydrogen-bond acceptors (Lipinski definition) is 4. The molecule has 0 atom stereocenters. The van der Waals surface area contributed by atoms with Gasteiger partial charge in [0.25, 0.3) is 5.91 Å². The first-order valence-electron chi connectivity index (χ1n) is 7.58. The maximum Gasteiger partial charge on any atom is 0.267 e. The molecule has 5 nitrogen and oxygen atoms in total. The number of nitrogens with one attached hydrogen (secondary N) is 2. The van der Waals surface area contributed by atoms with E-state index in [0.29, 0.717) is 17.3 Å². The van der Waals surface area contributed by atoms with Crippen LogP contribution in [0, 0.1) is 18.3 Å². The zero-order chi connectivity index (χ0) is 18.2. The van der Waals surface area contributed by atoms with Crippen LogP contribution < -0.4 is 15.4 Å². The first kappa shape index (κ1) is 18.4. The maximum absolute atomic E-state index is 12.3. The van der Waals surface area contributed by atoms with E-state index in [1.54, 1.807) is 32.2 Å². The monoisotopic (exact) mass is 355 g/mol. The van der Waals surface area contributed by atoms with Gasteiger partial charge in [-0.25, -0.2) is 0 Å². The van der Waals surface area contributed by atoms with Gasteiger partial charge in [-0.05, 0) is 30.7 Å². The molecule has 2 aromatic rings. The van der Waals surface area contributed by atoms with E-state index < -0.39 is 5.91 Å². The molecule has 0 radical (unpaired) electrons. The number of para-hydroxylation sites is 1. The second kappa shape index (κ2) is 8.76. The van der Waals surface area contributed by atoms with E-state index in [1.165, 1.54) is 6.20 Å². The number of amides is 1. The lowest BCUT2D eigenvalue weighted by molar-refractivity contribution is -0.112. The van der Waals surface area contributed by atoms with E-state index in [1.807, 2.05) is 30.3 Å². The van der Waals surface area contributed by atoms with E-state index >= 15 is 0 Å². The molecule has 0 aliphatic carbocycles. The standard InChI is InChI=1S/C19H18ClN3O2/c1-13-16(20)7-5-8-17(13)23-19(24)15(10-21)12-22-11-14-6-3-4-9-18(14)25-2/h3-9,12,22H,11H2,1-2H3,(H,23,24)/b15-12-. The van der Waals surface area contributed by atoms with Crippen molar-refractivity contribution in [3.05, 3.63) is 70.4 Å². The van der Waals surface area contributed by atoms with Gasteiger partial charge in [-0.2, -0.15) is 5.26 Å². The lowest BCUT2D eigenvalue weighted by Gasteiger charge is -2.10. The van der Waals surface area contributed by atoms with Crippen LogP contribution in [0.5, 0.6) is 5.75 Å². The summed E-state index contributed by atoms with van der Waals surface area (Å²) in [6.07, 6.45) is 1.39. The molecule has 1 amide bonds. The van der Waals surface area contributed by atoms with E-state index in [9.17, 15) is 10.1 Å². The smallest absolute Gasteiger partial charge is 0.267 e. The van der Waals surface area contributed by atoms with Crippen LogP contribution in [0.1, 0.15) is 11.1 Å². The molecule has 0 fully saturated rings. The number of carbonyl (C=O) groups excluding carboxylic acids is 1. The summed E-state index contributed by atoms with van der Waals surface area (Å²) in [5.74, 6) is 0.237. The van der Waals surface area contributed by atoms with Crippen LogP contribution in [0.25, 0.3) is 0 Å². The summed E-state index contributed by atoms with van der Waals surface area (Å²) in [6.45, 7) is 2.23. The highest BCUT2D eigenvalue weighted by molar-refractivity contribution is 6.31. The van der Waals surface area contributed by atoms with Crippen molar-refractivity contribution in [1.82, 2.24) is 5.32 Å². The number of rotatable bonds is 6. The topological polar surface area (TPSA) is 74.1 Å². The Kier molecular flexibility index (Phi) is 6.44. The number of anilines is 1. The molecule has 25 heavy (non-hydrogen) atoms. The van der Waals surface area contributed by atoms with Gasteiger partial charge in [0.1, 0.15) is 17.4 Å². The van der Waals surface area contributed by atoms with Crippen molar-refractivity contribution < 1.29 is 9.53 Å². The molecule has 128 valence electrons. The second-order valence-corrected chi connectivity index (χ2v) is 5.64. The van der Waals surface area contributed by atoms with Crippen molar-refractivity contribution >= 4 is 23.2 Å². The predicted molar refractivity (Wildman–Crippen MR) is 98.3 cm³/mol. The van der Waals surface area contributed by atoms with Gasteiger partial charge < -0.3 is 15.4 Å². The Morgan fingerprint density at radius 1 is 1.28 bits per heavy atom. The Labute approximate surface area is 151 Å². The minimum Gasteiger partial charge on any atom is -0.496 e. The minimum atomic E-state index is -0.500. The number of ether oxygens (including phenoxy) is 1. The van der Waals surface area contributed by atoms with Crippen molar-refractivity contribution in [1.29, 1.82) is 5.26 Å². The molecule has 0 bridgehead atoms. The van der Waals surface area contributed by atoms with Gasteiger partial charge in [0.2, 0.25) is 0 Å². The molecule has 2 N–H and O–H groups in total. The van der Waals surface area contributed by atoms with Crippen LogP contribution in [0.3, 0.4) is 0 Å². The zero-order valence-corrected chi connectivity index (χ0v) is 14.7. The van der Waals surface area contributed by atoms with Crippen LogP contribution in [-0.2, 0) is 11.3 Å². The Morgan fingerprint density at radius 2 is 2.04 bits per heavy atom. The molecule has 6 heteroatoms. The average Bonchev–Trinajstić information content (AvgIpc) is 2.62. The highest BCUT2D eigenvalue weighted by atomic mass is 35.5. The van der Waals surface area contributed by atoms with E-state index in [-0.39, 0.29) is 5.57 Å². The Bertz CT molecular complexity index is 841. The Morgan fingerprint density at radius 3 is 2.76 bits per heavy atom. The van der Waals surface area contributed by atoms with Gasteiger partial charge in [0.05, 0.1) is 7.11 Å². The van der Waals surface area contributed by atoms with Crippen LogP contribution in [-0.4, -0.2) is 13.0 Å². The lowest BCUT2D eigenvalue weighted by Crippen LogP contribution is -2.17. The summed E-state index contributed by atoms with van der Waals surface area (Å²) >= 11 is 6.04. The average molecular weight is 356 g/mol. The van der Waals surface area contributed by atoms with Gasteiger partial charge >= 0.3 is 0 Å². The summed E-state index contributed by atoms with van der Waals surface area (Å²) < 4.78 is 5.26. The normalized spacial score (nSPS) is 10.7. The maximum atomic E-state index is 12.3. The molecule has 0 unspecified atom stereocenters. The molecule has 0 aromatic heterocycles. The number of halogens is 1. The van der Waals surface area contributed by atoms with Crippen LogP contribution in [0.15, 0.2) is 54.2 Å². The second-order valence-electron chi connectivity index (χ2n) is 5.23. The molecule has 2 aromatic carbocycles. The number of nitriles is 1. The largest absolute Gasteiger partial charge is 0.496 e. The summed E-state index contributed by atoms with van der Waals surface area (Å²) in [5.41, 5.74) is 2.21. The third-order valence-corrected chi connectivity index (χ3v) is 4.02. The minimum absolute atomic E-state index is 0.0331. The zero-order valence-electron chi connectivity index (χ0n) is 14.0. The van der Waals surface area contributed by atoms with Crippen LogP contribution in [0.2, 0.25) is 5.02 Å². The third-order valence-electron chi connectivity index (χ3n) is 3.61. The number of carbonyl (C=O) groups is 1. The molecule has 0 aliphatic heterocycles. The van der Waals surface area contributed by atoms with Crippen molar-refractivity contribution in [2.45, 2.75) is 13.5 Å². The van der Waals surface area contributed by atoms with E-state index in [0.717, 1.165) is 16.9 Å². The van der Waals surface area contributed by atoms with E-state index in [4.69, 9.17) is 16.3 Å². The Hall–Kier alpha value is -2.97. The van der Waals surface area contributed by atoms with Crippen LogP contribution >= 0.6 is 11.6 Å². The SMILES string of the molecule is COc1ccccc1CN/C=C(/C#N)C(=O)Nc1cccc(Cl)c1C. The quantitative estimate of drug-likeness (QED) is 0.610. The number of methoxy groups -OCH3 is 1. The molecule has 0 saturated carbocycles. The summed E-state index contributed by atoms with van der Waals surface area (Å²) in [6, 6.07) is 14.6. The number of benzene rings is 2. The van der Waals surface area contributed by atoms with Crippen molar-refractivity contribution in [3.63, 3.8) is 0 Å². The van der Waals surface area contributed by atoms with Crippen molar-refractivity contribution in [2.24, 2.45) is 0 Å². The van der Waals surface area contributed by atoms with Crippen molar-refractivity contribution in [2.75, 3.05) is 12.4 Å². The number of hydrogen-bond donors (Lipinski definition) is 2. The highest BCUT2D eigenvalue weighted by Gasteiger charge is 2.11. The van der Waals surface area contributed by atoms with Gasteiger partial charge in [0.15, 0.2) is 0 Å². The number of nitrogens with zero attached hydrogens (tertiary/aromatic N) is 1. The predicted octanol–water partition coefficient (Wildman–Crippen LogP) is 3.79. The summed E-state index contributed by atoms with van der Waals surface area (Å²) in [4.78, 5) is 12.3. The molecular formula is C19H18ClN3O2. The lowest BCUT2D eigenvalue weighted by atomic mass is 10.2. The summed E-state index contributed by atoms with van der Waals surface area (Å²) in [5, 5.41) is 15.4. The molecule has 0 aliphatic rings.